The first-order chi connectivity index (χ1) is 21.8. The Morgan fingerprint density at radius 3 is 1.30 bits per heavy atom. The maximum atomic E-state index is 14.3. The minimum atomic E-state index is -4.74. The predicted molar refractivity (Wildman–Crippen MR) is 183 cm³/mol. The van der Waals surface area contributed by atoms with Crippen molar-refractivity contribution in [3.63, 3.8) is 0 Å². The second-order valence-corrected chi connectivity index (χ2v) is 26.1. The molecule has 2 unspecified atom stereocenters. The summed E-state index contributed by atoms with van der Waals surface area (Å²) in [5.41, 5.74) is 10.6. The number of hydrogen-bond donors (Lipinski definition) is 0. The Kier molecular flexibility index (Phi) is 7.72. The Morgan fingerprint density at radius 2 is 0.957 bits per heavy atom. The SMILES string of the molecule is CC1=C2c3cc(C(C)C)ccc3[CH]1[Zr]([O]c1ccc(F)cc1)([O]c1ccc(F)cc1)[CH]1C(C)=C(c3cc(C(C)C)ccc31)[Si]2(C)C. The van der Waals surface area contributed by atoms with E-state index in [1.54, 1.807) is 24.3 Å². The molecule has 2 aliphatic carbocycles. The third-order valence-electron chi connectivity index (χ3n) is 10.5. The van der Waals surface area contributed by atoms with Gasteiger partial charge < -0.3 is 0 Å². The van der Waals surface area contributed by atoms with Gasteiger partial charge in [0.05, 0.1) is 0 Å². The number of fused-ring (bicyclic) bond motifs is 8. The molecule has 7 rings (SSSR count). The van der Waals surface area contributed by atoms with Gasteiger partial charge in [0.25, 0.3) is 0 Å². The van der Waals surface area contributed by atoms with Crippen molar-refractivity contribution in [2.24, 2.45) is 0 Å². The van der Waals surface area contributed by atoms with Crippen LogP contribution in [0.1, 0.15) is 94.0 Å². The summed E-state index contributed by atoms with van der Waals surface area (Å²) in [5.74, 6) is 1.40. The molecule has 0 aromatic heterocycles. The number of benzene rings is 4. The number of hydrogen-bond acceptors (Lipinski definition) is 2. The second kappa shape index (κ2) is 11.3. The van der Waals surface area contributed by atoms with Crippen molar-refractivity contribution in [1.82, 2.24) is 0 Å². The fraction of sp³-hybridized carbons (Fsp3) is 0.300. The molecule has 2 nitrogen and oxygen atoms in total. The zero-order chi connectivity index (χ0) is 32.7. The maximum absolute atomic E-state index is 14.3. The molecule has 0 fully saturated rings. The van der Waals surface area contributed by atoms with E-state index in [2.05, 4.69) is 91.0 Å². The van der Waals surface area contributed by atoms with Gasteiger partial charge in [0.1, 0.15) is 0 Å². The molecule has 3 aliphatic rings. The van der Waals surface area contributed by atoms with Gasteiger partial charge in [-0.05, 0) is 0 Å². The molecule has 0 saturated carbocycles. The van der Waals surface area contributed by atoms with Crippen molar-refractivity contribution in [3.8, 4) is 11.5 Å². The fourth-order valence-corrected chi connectivity index (χ4v) is 25.2. The Hall–Kier alpha value is -3.08. The Morgan fingerprint density at radius 1 is 0.587 bits per heavy atom. The molecule has 0 N–H and O–H groups in total. The molecule has 1 aliphatic heterocycles. The first-order valence-corrected chi connectivity index (χ1v) is 24.3. The van der Waals surface area contributed by atoms with Crippen LogP contribution in [0, 0.1) is 11.6 Å². The Labute approximate surface area is 278 Å². The average molecular weight is 712 g/mol. The molecule has 236 valence electrons. The molecule has 0 saturated heterocycles. The van der Waals surface area contributed by atoms with E-state index in [1.807, 2.05) is 0 Å². The third-order valence-corrected chi connectivity index (χ3v) is 24.7. The molecular formula is C40H42F2O2SiZr. The van der Waals surface area contributed by atoms with Gasteiger partial charge >= 0.3 is 280 Å². The Balaban J connectivity index is 1.60. The van der Waals surface area contributed by atoms with Crippen LogP contribution in [-0.4, -0.2) is 8.07 Å². The summed E-state index contributed by atoms with van der Waals surface area (Å²) in [6.07, 6.45) is 0. The molecule has 0 amide bonds. The Bertz CT molecular complexity index is 1780. The zero-order valence-electron chi connectivity index (χ0n) is 28.0. The molecule has 46 heavy (non-hydrogen) atoms. The predicted octanol–water partition coefficient (Wildman–Crippen LogP) is 11.5. The van der Waals surface area contributed by atoms with Crippen LogP contribution in [0.4, 0.5) is 8.78 Å². The van der Waals surface area contributed by atoms with Gasteiger partial charge in [-0.1, -0.05) is 0 Å². The van der Waals surface area contributed by atoms with Gasteiger partial charge in [-0.3, -0.25) is 0 Å². The van der Waals surface area contributed by atoms with Crippen molar-refractivity contribution in [2.45, 2.75) is 73.7 Å². The standard InChI is InChI=1S/C28H34Si.2C6H5FO.Zr/c1-17(2)21-9-11-23-13-19(5)27(25(23)15-21)29(7,8)28-20(6)14-24-12-10-22(18(3)4)16-26(24)28;2*7-5-1-3-6(8)4-2-5;/h9-18H,1-8H3;2*1-4,8H;/q;;;+2/p-2. The first-order valence-electron chi connectivity index (χ1n) is 16.4. The van der Waals surface area contributed by atoms with E-state index >= 15 is 0 Å². The molecule has 2 atom stereocenters. The summed E-state index contributed by atoms with van der Waals surface area (Å²) in [7, 11) is -2.27. The van der Waals surface area contributed by atoms with Crippen LogP contribution in [0.25, 0.3) is 10.4 Å². The van der Waals surface area contributed by atoms with E-state index < -0.39 is 29.2 Å². The topological polar surface area (TPSA) is 18.5 Å². The van der Waals surface area contributed by atoms with Gasteiger partial charge in [-0.2, -0.15) is 0 Å². The van der Waals surface area contributed by atoms with E-state index in [9.17, 15) is 8.78 Å². The number of rotatable bonds is 6. The molecule has 1 heterocycles. The zero-order valence-corrected chi connectivity index (χ0v) is 31.4. The normalized spacial score (nSPS) is 20.5. The first kappa shape index (κ1) is 31.5. The van der Waals surface area contributed by atoms with Crippen LogP contribution in [0.5, 0.6) is 11.5 Å². The van der Waals surface area contributed by atoms with Gasteiger partial charge in [0.2, 0.25) is 0 Å². The van der Waals surface area contributed by atoms with Crippen molar-refractivity contribution >= 4 is 18.5 Å². The fourth-order valence-electron chi connectivity index (χ4n) is 8.60. The van der Waals surface area contributed by atoms with Crippen LogP contribution in [-0.2, 0) is 21.1 Å². The van der Waals surface area contributed by atoms with Crippen molar-refractivity contribution < 1.29 is 35.6 Å². The van der Waals surface area contributed by atoms with Gasteiger partial charge in [0.15, 0.2) is 0 Å². The van der Waals surface area contributed by atoms with Crippen molar-refractivity contribution in [1.29, 1.82) is 0 Å². The summed E-state index contributed by atoms with van der Waals surface area (Å²) >= 11 is -4.74. The molecule has 4 aromatic rings. The van der Waals surface area contributed by atoms with Crippen molar-refractivity contribution in [2.75, 3.05) is 0 Å². The minimum absolute atomic E-state index is 0.0698. The van der Waals surface area contributed by atoms with E-state index in [1.165, 1.54) is 79.2 Å². The molecular weight excluding hydrogens is 670 g/mol. The van der Waals surface area contributed by atoms with E-state index in [4.69, 9.17) is 5.63 Å². The summed E-state index contributed by atoms with van der Waals surface area (Å²) in [6.45, 7) is 18.7. The quantitative estimate of drug-likeness (QED) is 0.185. The second-order valence-electron chi connectivity index (χ2n) is 14.4. The van der Waals surface area contributed by atoms with Gasteiger partial charge in [-0.15, -0.1) is 0 Å². The van der Waals surface area contributed by atoms with E-state index in [0.717, 1.165) is 0 Å². The van der Waals surface area contributed by atoms with Crippen LogP contribution in [0.2, 0.25) is 13.1 Å². The molecule has 6 heteroatoms. The monoisotopic (exact) mass is 710 g/mol. The van der Waals surface area contributed by atoms with Crippen molar-refractivity contribution in [3.05, 3.63) is 141 Å². The summed E-state index contributed by atoms with van der Waals surface area (Å²) in [6, 6.07) is 26.8. The van der Waals surface area contributed by atoms with E-state index in [-0.39, 0.29) is 18.9 Å². The van der Waals surface area contributed by atoms with Crippen LogP contribution in [0.15, 0.2) is 96.1 Å². The number of allylic oxidation sites excluding steroid dienone is 2. The van der Waals surface area contributed by atoms with E-state index in [0.29, 0.717) is 23.3 Å². The molecule has 4 bridgehead atoms. The average Bonchev–Trinajstić information content (AvgIpc) is 3.49. The van der Waals surface area contributed by atoms with Gasteiger partial charge in [-0.25, -0.2) is 0 Å². The van der Waals surface area contributed by atoms with Crippen LogP contribution in [0.3, 0.4) is 0 Å². The summed E-state index contributed by atoms with van der Waals surface area (Å²) < 4.78 is 43.3. The van der Waals surface area contributed by atoms with Crippen LogP contribution < -0.4 is 5.63 Å². The number of halogens is 2. The molecule has 0 spiro atoms. The molecule has 0 radical (unpaired) electrons. The van der Waals surface area contributed by atoms with Crippen LogP contribution >= 0.6 is 0 Å². The third kappa shape index (κ3) is 4.77. The summed E-state index contributed by atoms with van der Waals surface area (Å²) in [5, 5.41) is 2.97. The molecule has 4 aromatic carbocycles. The van der Waals surface area contributed by atoms with Gasteiger partial charge in [0, 0.05) is 0 Å². The summed E-state index contributed by atoms with van der Waals surface area (Å²) in [4.78, 5) is 0.